The summed E-state index contributed by atoms with van der Waals surface area (Å²) in [4.78, 5) is 15.4. The zero-order valence-corrected chi connectivity index (χ0v) is 9.49. The number of anilines is 2. The first-order chi connectivity index (χ1) is 7.78. The first-order valence-corrected chi connectivity index (χ1v) is 5.66. The Morgan fingerprint density at radius 1 is 1.56 bits per heavy atom. The smallest absolute Gasteiger partial charge is 0.305 e. The molecule has 6 nitrogen and oxygen atoms in total. The van der Waals surface area contributed by atoms with E-state index in [2.05, 4.69) is 20.7 Å². The highest BCUT2D eigenvalue weighted by atomic mass is 32.1. The number of rotatable bonds is 3. The summed E-state index contributed by atoms with van der Waals surface area (Å²) >= 11 is 1.37. The van der Waals surface area contributed by atoms with Crippen LogP contribution in [0.2, 0.25) is 0 Å². The van der Waals surface area contributed by atoms with Crippen LogP contribution < -0.4 is 10.6 Å². The monoisotopic (exact) mass is 237 g/mol. The van der Waals surface area contributed by atoms with Crippen LogP contribution in [0.5, 0.6) is 0 Å². The molecule has 2 heterocycles. The van der Waals surface area contributed by atoms with Crippen molar-refractivity contribution >= 4 is 28.2 Å². The molecule has 0 fully saturated rings. The summed E-state index contributed by atoms with van der Waals surface area (Å²) in [6.45, 7) is 2.75. The molecular formula is C9H11N5OS. The summed E-state index contributed by atoms with van der Waals surface area (Å²) < 4.78 is 1.74. The van der Waals surface area contributed by atoms with Crippen molar-refractivity contribution in [2.45, 2.75) is 13.5 Å². The molecule has 2 rings (SSSR count). The van der Waals surface area contributed by atoms with Crippen LogP contribution in [0.15, 0.2) is 24.0 Å². The molecule has 0 atom stereocenters. The minimum Gasteiger partial charge on any atom is -0.305 e. The van der Waals surface area contributed by atoms with Crippen molar-refractivity contribution in [2.24, 2.45) is 0 Å². The maximum absolute atomic E-state index is 11.5. The van der Waals surface area contributed by atoms with Crippen LogP contribution in [0.25, 0.3) is 0 Å². The van der Waals surface area contributed by atoms with Gasteiger partial charge in [-0.05, 0) is 6.92 Å². The van der Waals surface area contributed by atoms with Crippen LogP contribution in [-0.2, 0) is 6.54 Å². The molecule has 0 saturated heterocycles. The molecule has 0 saturated carbocycles. The van der Waals surface area contributed by atoms with Gasteiger partial charge in [0.05, 0.1) is 11.9 Å². The Bertz CT molecular complexity index is 464. The van der Waals surface area contributed by atoms with Crippen molar-refractivity contribution in [2.75, 3.05) is 10.6 Å². The quantitative estimate of drug-likeness (QED) is 0.857. The molecule has 0 aliphatic heterocycles. The Balaban J connectivity index is 1.92. The topological polar surface area (TPSA) is 71.8 Å². The Kier molecular flexibility index (Phi) is 3.16. The van der Waals surface area contributed by atoms with E-state index in [-0.39, 0.29) is 6.03 Å². The fourth-order valence-corrected chi connectivity index (χ4v) is 1.67. The summed E-state index contributed by atoms with van der Waals surface area (Å²) in [5.74, 6) is 0. The predicted octanol–water partition coefficient (Wildman–Crippen LogP) is 2.00. The van der Waals surface area contributed by atoms with Gasteiger partial charge in [0.1, 0.15) is 0 Å². The van der Waals surface area contributed by atoms with Crippen LogP contribution in [0.3, 0.4) is 0 Å². The second kappa shape index (κ2) is 4.75. The summed E-state index contributed by atoms with van der Waals surface area (Å²) in [5, 5.41) is 11.7. The lowest BCUT2D eigenvalue weighted by Gasteiger charge is -2.01. The molecule has 0 radical (unpaired) electrons. The minimum atomic E-state index is -0.314. The van der Waals surface area contributed by atoms with Crippen LogP contribution in [0.1, 0.15) is 6.92 Å². The average Bonchev–Trinajstić information content (AvgIpc) is 2.89. The largest absolute Gasteiger partial charge is 0.325 e. The van der Waals surface area contributed by atoms with Gasteiger partial charge >= 0.3 is 6.03 Å². The van der Waals surface area contributed by atoms with E-state index >= 15 is 0 Å². The van der Waals surface area contributed by atoms with E-state index in [0.29, 0.717) is 10.8 Å². The average molecular weight is 237 g/mol. The van der Waals surface area contributed by atoms with Gasteiger partial charge in [-0.3, -0.25) is 10.00 Å². The van der Waals surface area contributed by atoms with Crippen molar-refractivity contribution in [1.82, 2.24) is 14.8 Å². The van der Waals surface area contributed by atoms with Crippen LogP contribution >= 0.6 is 11.3 Å². The summed E-state index contributed by atoms with van der Waals surface area (Å²) in [5.41, 5.74) is 0.663. The zero-order valence-electron chi connectivity index (χ0n) is 8.67. The Hall–Kier alpha value is -1.89. The van der Waals surface area contributed by atoms with Crippen molar-refractivity contribution in [3.63, 3.8) is 0 Å². The Morgan fingerprint density at radius 2 is 2.44 bits per heavy atom. The molecule has 0 bridgehead atoms. The summed E-state index contributed by atoms with van der Waals surface area (Å²) in [7, 11) is 0. The van der Waals surface area contributed by atoms with Gasteiger partial charge in [0.25, 0.3) is 0 Å². The molecule has 0 aliphatic carbocycles. The minimum absolute atomic E-state index is 0.314. The predicted molar refractivity (Wildman–Crippen MR) is 62.7 cm³/mol. The molecule has 84 valence electrons. The van der Waals surface area contributed by atoms with Gasteiger partial charge in [0.2, 0.25) is 0 Å². The summed E-state index contributed by atoms with van der Waals surface area (Å²) in [6, 6.07) is -0.314. The second-order valence-electron chi connectivity index (χ2n) is 3.00. The number of amides is 2. The maximum atomic E-state index is 11.5. The third kappa shape index (κ3) is 2.57. The SMILES string of the molecule is CCn1cc(NC(=O)Nc2nccs2)cn1. The number of hydrogen-bond donors (Lipinski definition) is 2. The fourth-order valence-electron chi connectivity index (χ4n) is 1.15. The lowest BCUT2D eigenvalue weighted by molar-refractivity contribution is 0.262. The van der Waals surface area contributed by atoms with Crippen molar-refractivity contribution in [3.8, 4) is 0 Å². The molecule has 0 aromatic carbocycles. The van der Waals surface area contributed by atoms with Gasteiger partial charge in [-0.15, -0.1) is 11.3 Å². The van der Waals surface area contributed by atoms with Crippen LogP contribution in [0, 0.1) is 0 Å². The molecule has 2 aromatic rings. The number of urea groups is 1. The van der Waals surface area contributed by atoms with E-state index < -0.39 is 0 Å². The summed E-state index contributed by atoms with van der Waals surface area (Å²) in [6.07, 6.45) is 5.00. The van der Waals surface area contributed by atoms with E-state index in [1.165, 1.54) is 11.3 Å². The molecule has 7 heteroatoms. The maximum Gasteiger partial charge on any atom is 0.325 e. The van der Waals surface area contributed by atoms with E-state index in [9.17, 15) is 4.79 Å². The number of nitrogens with one attached hydrogen (secondary N) is 2. The number of carbonyl (C=O) groups excluding carboxylic acids is 1. The van der Waals surface area contributed by atoms with Gasteiger partial charge < -0.3 is 5.32 Å². The van der Waals surface area contributed by atoms with Crippen molar-refractivity contribution < 1.29 is 4.79 Å². The Morgan fingerprint density at radius 3 is 3.06 bits per heavy atom. The van der Waals surface area contributed by atoms with Gasteiger partial charge in [0.15, 0.2) is 5.13 Å². The third-order valence-electron chi connectivity index (χ3n) is 1.87. The molecular weight excluding hydrogens is 226 g/mol. The van der Waals surface area contributed by atoms with Gasteiger partial charge in [-0.2, -0.15) is 5.10 Å². The molecule has 2 amide bonds. The number of carbonyl (C=O) groups is 1. The number of aryl methyl sites for hydroxylation is 1. The van der Waals surface area contributed by atoms with Crippen molar-refractivity contribution in [3.05, 3.63) is 24.0 Å². The first-order valence-electron chi connectivity index (χ1n) is 4.78. The lowest BCUT2D eigenvalue weighted by Crippen LogP contribution is -2.18. The molecule has 0 aliphatic rings. The molecule has 0 spiro atoms. The van der Waals surface area contributed by atoms with Crippen molar-refractivity contribution in [1.29, 1.82) is 0 Å². The highest BCUT2D eigenvalue weighted by Crippen LogP contribution is 2.11. The van der Waals surface area contributed by atoms with Gasteiger partial charge in [0, 0.05) is 24.3 Å². The highest BCUT2D eigenvalue weighted by Gasteiger charge is 2.05. The van der Waals surface area contributed by atoms with E-state index in [4.69, 9.17) is 0 Å². The third-order valence-corrected chi connectivity index (χ3v) is 2.56. The second-order valence-corrected chi connectivity index (χ2v) is 3.90. The van der Waals surface area contributed by atoms with E-state index in [1.807, 2.05) is 6.92 Å². The molecule has 2 N–H and O–H groups in total. The zero-order chi connectivity index (χ0) is 11.4. The van der Waals surface area contributed by atoms with Gasteiger partial charge in [-0.1, -0.05) is 0 Å². The van der Waals surface area contributed by atoms with Crippen LogP contribution in [0.4, 0.5) is 15.6 Å². The normalized spacial score (nSPS) is 10.1. The number of hydrogen-bond acceptors (Lipinski definition) is 4. The standard InChI is InChI=1S/C9H11N5OS/c1-2-14-6-7(5-11-14)12-8(15)13-9-10-3-4-16-9/h3-6H,2H2,1H3,(H2,10,12,13,15). The Labute approximate surface area is 96.3 Å². The molecule has 16 heavy (non-hydrogen) atoms. The van der Waals surface area contributed by atoms with E-state index in [1.54, 1.807) is 28.7 Å². The first kappa shape index (κ1) is 10.6. The van der Waals surface area contributed by atoms with Gasteiger partial charge in [-0.25, -0.2) is 9.78 Å². The number of aromatic nitrogens is 3. The number of thiazole rings is 1. The van der Waals surface area contributed by atoms with E-state index in [0.717, 1.165) is 6.54 Å². The molecule has 0 unspecified atom stereocenters. The highest BCUT2D eigenvalue weighted by molar-refractivity contribution is 7.13. The number of nitrogens with zero attached hydrogens (tertiary/aromatic N) is 3. The van der Waals surface area contributed by atoms with Crippen LogP contribution in [-0.4, -0.2) is 20.8 Å². The lowest BCUT2D eigenvalue weighted by atomic mass is 10.5. The fraction of sp³-hybridized carbons (Fsp3) is 0.222. The molecule has 2 aromatic heterocycles.